The van der Waals surface area contributed by atoms with Gasteiger partial charge in [0, 0.05) is 55.4 Å². The van der Waals surface area contributed by atoms with Crippen LogP contribution in [0.5, 0.6) is 11.5 Å². The normalized spacial score (nSPS) is 20.5. The van der Waals surface area contributed by atoms with Crippen LogP contribution in [0.15, 0.2) is 46.2 Å². The Morgan fingerprint density at radius 1 is 0.938 bits per heavy atom. The van der Waals surface area contributed by atoms with Crippen LogP contribution in [0.25, 0.3) is 0 Å². The van der Waals surface area contributed by atoms with E-state index in [1.807, 2.05) is 35.2 Å². The molecule has 2 atom stereocenters. The van der Waals surface area contributed by atoms with E-state index < -0.39 is 0 Å². The first-order valence-electron chi connectivity index (χ1n) is 11.1. The van der Waals surface area contributed by atoms with E-state index in [9.17, 15) is 19.8 Å². The lowest BCUT2D eigenvalue weighted by molar-refractivity contribution is -0.139. The van der Waals surface area contributed by atoms with Gasteiger partial charge in [-0.3, -0.25) is 9.59 Å². The zero-order chi connectivity index (χ0) is 23.0. The van der Waals surface area contributed by atoms with Gasteiger partial charge in [-0.25, -0.2) is 0 Å². The van der Waals surface area contributed by atoms with Gasteiger partial charge in [-0.15, -0.1) is 0 Å². The number of piperazine rings is 1. The summed E-state index contributed by atoms with van der Waals surface area (Å²) in [6, 6.07) is 11.7. The van der Waals surface area contributed by atoms with Crippen LogP contribution in [-0.2, 0) is 9.59 Å². The second kappa shape index (κ2) is 9.06. The molecule has 2 amide bonds. The Hall–Kier alpha value is -2.67. The van der Waals surface area contributed by atoms with Crippen LogP contribution in [0.2, 0.25) is 0 Å². The average molecular weight is 455 g/mol. The molecule has 6 nitrogen and oxygen atoms in total. The Morgan fingerprint density at radius 3 is 2.25 bits per heavy atom. The van der Waals surface area contributed by atoms with Crippen LogP contribution in [-0.4, -0.2) is 58.0 Å². The van der Waals surface area contributed by atoms with Crippen LogP contribution in [0, 0.1) is 5.92 Å². The van der Waals surface area contributed by atoms with Gasteiger partial charge in [-0.05, 0) is 30.0 Å². The molecule has 2 unspecified atom stereocenters. The molecule has 7 heteroatoms. The van der Waals surface area contributed by atoms with Crippen molar-refractivity contribution in [3.05, 3.63) is 47.5 Å². The number of hydrogen-bond donors (Lipinski definition) is 2. The molecule has 1 saturated carbocycles. The number of aromatic hydroxyl groups is 2. The minimum atomic E-state index is -0.177. The zero-order valence-electron chi connectivity index (χ0n) is 18.7. The molecule has 0 radical (unpaired) electrons. The van der Waals surface area contributed by atoms with E-state index >= 15 is 0 Å². The molecule has 2 fully saturated rings. The maximum absolute atomic E-state index is 12.9. The molecule has 0 bridgehead atoms. The van der Waals surface area contributed by atoms with Gasteiger partial charge in [0.1, 0.15) is 0 Å². The molecule has 0 aromatic heterocycles. The fourth-order valence-corrected chi connectivity index (χ4v) is 5.55. The topological polar surface area (TPSA) is 81.1 Å². The maximum Gasteiger partial charge on any atom is 0.226 e. The van der Waals surface area contributed by atoms with Gasteiger partial charge < -0.3 is 20.0 Å². The first kappa shape index (κ1) is 22.5. The van der Waals surface area contributed by atoms with Crippen molar-refractivity contribution < 1.29 is 19.8 Å². The fourth-order valence-electron chi connectivity index (χ4n) is 4.42. The van der Waals surface area contributed by atoms with Gasteiger partial charge in [0.05, 0.1) is 4.90 Å². The number of amides is 2. The molecule has 170 valence electrons. The van der Waals surface area contributed by atoms with Gasteiger partial charge in [0.15, 0.2) is 11.5 Å². The zero-order valence-corrected chi connectivity index (χ0v) is 19.6. The minimum absolute atomic E-state index is 0.0378. The monoisotopic (exact) mass is 454 g/mol. The lowest BCUT2D eigenvalue weighted by Gasteiger charge is -2.34. The van der Waals surface area contributed by atoms with E-state index in [4.69, 9.17) is 0 Å². The SMILES string of the molecule is CC(=O)N1CCN(C(=O)C2CC2c2ccc(Sc3ccccc3C(C)C)c(O)c2O)CC1. The molecule has 1 aliphatic carbocycles. The van der Waals surface area contributed by atoms with E-state index in [1.165, 1.54) is 17.3 Å². The largest absolute Gasteiger partial charge is 0.504 e. The van der Waals surface area contributed by atoms with Crippen LogP contribution in [0.3, 0.4) is 0 Å². The highest BCUT2D eigenvalue weighted by Crippen LogP contribution is 2.54. The van der Waals surface area contributed by atoms with Gasteiger partial charge in [-0.1, -0.05) is 49.9 Å². The molecular formula is C25H30N2O4S. The van der Waals surface area contributed by atoms with E-state index in [1.54, 1.807) is 11.8 Å². The van der Waals surface area contributed by atoms with Crippen molar-refractivity contribution in [1.82, 2.24) is 9.80 Å². The van der Waals surface area contributed by atoms with Crippen LogP contribution in [0.1, 0.15) is 50.2 Å². The average Bonchev–Trinajstić information content (AvgIpc) is 3.57. The minimum Gasteiger partial charge on any atom is -0.504 e. The molecule has 1 saturated heterocycles. The van der Waals surface area contributed by atoms with Crippen molar-refractivity contribution in [2.75, 3.05) is 26.2 Å². The summed E-state index contributed by atoms with van der Waals surface area (Å²) in [5.74, 6) is -0.0509. The second-order valence-electron chi connectivity index (χ2n) is 8.92. The highest BCUT2D eigenvalue weighted by molar-refractivity contribution is 7.99. The summed E-state index contributed by atoms with van der Waals surface area (Å²) in [5, 5.41) is 21.4. The number of carbonyl (C=O) groups excluding carboxylic acids is 2. The van der Waals surface area contributed by atoms with Gasteiger partial charge in [-0.2, -0.15) is 0 Å². The van der Waals surface area contributed by atoms with Crippen LogP contribution in [0.4, 0.5) is 0 Å². The van der Waals surface area contributed by atoms with Gasteiger partial charge in [0.25, 0.3) is 0 Å². The number of phenols is 2. The lowest BCUT2D eigenvalue weighted by Crippen LogP contribution is -2.50. The van der Waals surface area contributed by atoms with E-state index in [0.29, 0.717) is 49.0 Å². The third-order valence-corrected chi connectivity index (χ3v) is 7.59. The van der Waals surface area contributed by atoms with E-state index in [0.717, 1.165) is 4.90 Å². The number of phenolic OH excluding ortho intramolecular Hbond substituents is 2. The molecule has 2 aromatic rings. The number of hydrogen-bond acceptors (Lipinski definition) is 5. The molecule has 32 heavy (non-hydrogen) atoms. The number of benzene rings is 2. The summed E-state index contributed by atoms with van der Waals surface area (Å²) in [7, 11) is 0. The van der Waals surface area contributed by atoms with E-state index in [-0.39, 0.29) is 35.1 Å². The number of carbonyl (C=O) groups is 2. The lowest BCUT2D eigenvalue weighted by atomic mass is 10.0. The predicted octanol–water partition coefficient (Wildman–Crippen LogP) is 4.17. The molecule has 4 rings (SSSR count). The van der Waals surface area contributed by atoms with Crippen molar-refractivity contribution >= 4 is 23.6 Å². The Bertz CT molecular complexity index is 1030. The van der Waals surface area contributed by atoms with Crippen molar-refractivity contribution in [2.24, 2.45) is 5.92 Å². The smallest absolute Gasteiger partial charge is 0.226 e. The van der Waals surface area contributed by atoms with E-state index in [2.05, 4.69) is 19.9 Å². The van der Waals surface area contributed by atoms with Crippen molar-refractivity contribution in [2.45, 2.75) is 48.8 Å². The highest BCUT2D eigenvalue weighted by Gasteiger charge is 2.47. The summed E-state index contributed by atoms with van der Waals surface area (Å²) >= 11 is 1.44. The Morgan fingerprint density at radius 2 is 1.59 bits per heavy atom. The molecule has 2 aromatic carbocycles. The summed E-state index contributed by atoms with van der Waals surface area (Å²) in [4.78, 5) is 29.6. The number of rotatable bonds is 5. The second-order valence-corrected chi connectivity index (χ2v) is 10.0. The third kappa shape index (κ3) is 4.44. The summed E-state index contributed by atoms with van der Waals surface area (Å²) in [5.41, 5.74) is 1.82. The molecular weight excluding hydrogens is 424 g/mol. The highest BCUT2D eigenvalue weighted by atomic mass is 32.2. The first-order valence-corrected chi connectivity index (χ1v) is 12.0. The molecule has 0 spiro atoms. The standard InChI is InChI=1S/C25H30N2O4S/c1-15(2)17-6-4-5-7-21(17)32-22-9-8-18(23(29)24(22)30)19-14-20(19)25(31)27-12-10-26(11-13-27)16(3)28/h4-9,15,19-20,29-30H,10-14H2,1-3H3. The van der Waals surface area contributed by atoms with Crippen LogP contribution >= 0.6 is 11.8 Å². The Labute approximate surface area is 193 Å². The summed E-state index contributed by atoms with van der Waals surface area (Å²) in [6.45, 7) is 8.02. The van der Waals surface area contributed by atoms with Crippen molar-refractivity contribution in [1.29, 1.82) is 0 Å². The maximum atomic E-state index is 12.9. The van der Waals surface area contributed by atoms with Crippen molar-refractivity contribution in [3.8, 4) is 11.5 Å². The first-order chi connectivity index (χ1) is 15.3. The van der Waals surface area contributed by atoms with Crippen molar-refractivity contribution in [3.63, 3.8) is 0 Å². The predicted molar refractivity (Wildman–Crippen MR) is 124 cm³/mol. The quantitative estimate of drug-likeness (QED) is 0.663. The molecule has 1 heterocycles. The van der Waals surface area contributed by atoms with Gasteiger partial charge >= 0.3 is 0 Å². The molecule has 2 aliphatic rings. The van der Waals surface area contributed by atoms with Gasteiger partial charge in [0.2, 0.25) is 11.8 Å². The Balaban J connectivity index is 1.45. The summed E-state index contributed by atoms with van der Waals surface area (Å²) < 4.78 is 0. The summed E-state index contributed by atoms with van der Waals surface area (Å²) in [6.07, 6.45) is 0.668. The fraction of sp³-hybridized carbons (Fsp3) is 0.440. The van der Waals surface area contributed by atoms with Crippen LogP contribution < -0.4 is 0 Å². The molecule has 2 N–H and O–H groups in total. The Kier molecular flexibility index (Phi) is 6.38. The molecule has 1 aliphatic heterocycles. The number of nitrogens with zero attached hydrogens (tertiary/aromatic N) is 2. The third-order valence-electron chi connectivity index (χ3n) is 6.45.